The molecule has 0 spiro atoms. The maximum absolute atomic E-state index is 13.4. The number of hydrogen-bond acceptors (Lipinski definition) is 6. The third-order valence-electron chi connectivity index (χ3n) is 5.16. The van der Waals surface area contributed by atoms with Gasteiger partial charge < -0.3 is 9.32 Å². The van der Waals surface area contributed by atoms with E-state index in [-0.39, 0.29) is 5.91 Å². The van der Waals surface area contributed by atoms with Crippen molar-refractivity contribution in [2.24, 2.45) is 0 Å². The van der Waals surface area contributed by atoms with Gasteiger partial charge in [0.2, 0.25) is 0 Å². The number of aromatic nitrogens is 2. The molecule has 2 aromatic carbocycles. The van der Waals surface area contributed by atoms with Gasteiger partial charge in [0.05, 0.1) is 0 Å². The first-order valence-corrected chi connectivity index (χ1v) is 11.3. The fourth-order valence-electron chi connectivity index (χ4n) is 3.70. The predicted molar refractivity (Wildman–Crippen MR) is 115 cm³/mol. The Morgan fingerprint density at radius 1 is 1.14 bits per heavy atom. The lowest BCUT2D eigenvalue weighted by Crippen LogP contribution is -2.36. The molecule has 0 fully saturated rings. The van der Waals surface area contributed by atoms with Crippen molar-refractivity contribution in [3.8, 4) is 0 Å². The third-order valence-corrected chi connectivity index (χ3v) is 7.16. The molecule has 0 bridgehead atoms. The van der Waals surface area contributed by atoms with E-state index in [1.165, 1.54) is 11.1 Å². The highest BCUT2D eigenvalue weighted by Crippen LogP contribution is 2.34. The predicted octanol–water partition coefficient (Wildman–Crippen LogP) is 5.08. The molecule has 7 heteroatoms. The molecular weight excluding hydrogens is 402 g/mol. The van der Waals surface area contributed by atoms with Crippen molar-refractivity contribution in [3.05, 3.63) is 76.0 Å². The van der Waals surface area contributed by atoms with Gasteiger partial charge in [0.1, 0.15) is 10.6 Å². The molecule has 1 amide bonds. The van der Waals surface area contributed by atoms with Crippen molar-refractivity contribution in [2.45, 2.75) is 30.0 Å². The number of fused-ring (bicyclic) bond motifs is 2. The Morgan fingerprint density at radius 2 is 1.93 bits per heavy atom. The van der Waals surface area contributed by atoms with Crippen LogP contribution in [0.25, 0.3) is 11.0 Å². The molecule has 0 saturated heterocycles. The minimum atomic E-state index is -0.0419. The summed E-state index contributed by atoms with van der Waals surface area (Å²) in [6, 6.07) is 16.2. The quantitative estimate of drug-likeness (QED) is 0.430. The van der Waals surface area contributed by atoms with E-state index < -0.39 is 0 Å². The SMILES string of the molecule is Cc1nnc(SCc2c(C(=O)N3CCc4ccccc4C3)oc3ccccc23)s1. The van der Waals surface area contributed by atoms with Gasteiger partial charge >= 0.3 is 0 Å². The summed E-state index contributed by atoms with van der Waals surface area (Å²) in [5, 5.41) is 10.2. The Hall–Kier alpha value is -2.64. The summed E-state index contributed by atoms with van der Waals surface area (Å²) >= 11 is 3.16. The summed E-state index contributed by atoms with van der Waals surface area (Å²) in [4.78, 5) is 15.3. The van der Waals surface area contributed by atoms with E-state index in [0.717, 1.165) is 32.3 Å². The van der Waals surface area contributed by atoms with Gasteiger partial charge in [-0.1, -0.05) is 65.6 Å². The third kappa shape index (κ3) is 3.56. The molecule has 0 unspecified atom stereocenters. The van der Waals surface area contributed by atoms with Gasteiger partial charge in [0, 0.05) is 29.8 Å². The molecule has 0 radical (unpaired) electrons. The van der Waals surface area contributed by atoms with Gasteiger partial charge in [0.15, 0.2) is 10.1 Å². The minimum absolute atomic E-state index is 0.0419. The zero-order chi connectivity index (χ0) is 19.8. The highest BCUT2D eigenvalue weighted by Gasteiger charge is 2.28. The second kappa shape index (κ2) is 7.65. The molecule has 3 heterocycles. The Kier molecular flexibility index (Phi) is 4.85. The van der Waals surface area contributed by atoms with Gasteiger partial charge in [-0.25, -0.2) is 0 Å². The van der Waals surface area contributed by atoms with Crippen LogP contribution < -0.4 is 0 Å². The van der Waals surface area contributed by atoms with Crippen LogP contribution in [-0.2, 0) is 18.7 Å². The lowest BCUT2D eigenvalue weighted by molar-refractivity contribution is 0.0703. The summed E-state index contributed by atoms with van der Waals surface area (Å²) in [6.07, 6.45) is 0.871. The summed E-state index contributed by atoms with van der Waals surface area (Å²) in [6.45, 7) is 3.27. The van der Waals surface area contributed by atoms with Gasteiger partial charge in [0.25, 0.3) is 5.91 Å². The van der Waals surface area contributed by atoms with Crippen LogP contribution in [0.15, 0.2) is 57.3 Å². The molecule has 146 valence electrons. The Morgan fingerprint density at radius 3 is 2.76 bits per heavy atom. The van der Waals surface area contributed by atoms with E-state index >= 15 is 0 Å². The first-order valence-electron chi connectivity index (χ1n) is 9.48. The summed E-state index contributed by atoms with van der Waals surface area (Å²) in [7, 11) is 0. The molecular formula is C22H19N3O2S2. The lowest BCUT2D eigenvalue weighted by atomic mass is 9.99. The number of thioether (sulfide) groups is 1. The van der Waals surface area contributed by atoms with Crippen molar-refractivity contribution in [2.75, 3.05) is 6.54 Å². The number of aryl methyl sites for hydroxylation is 1. The van der Waals surface area contributed by atoms with Gasteiger partial charge in [-0.3, -0.25) is 4.79 Å². The van der Waals surface area contributed by atoms with Crippen LogP contribution >= 0.6 is 23.1 Å². The normalized spacial score (nSPS) is 13.6. The molecule has 0 N–H and O–H groups in total. The summed E-state index contributed by atoms with van der Waals surface area (Å²) < 4.78 is 6.96. The molecule has 5 rings (SSSR count). The van der Waals surface area contributed by atoms with E-state index in [0.29, 0.717) is 24.6 Å². The Labute approximate surface area is 176 Å². The average Bonchev–Trinajstić information content (AvgIpc) is 3.34. The minimum Gasteiger partial charge on any atom is -0.451 e. The number of furan rings is 1. The fourth-order valence-corrected chi connectivity index (χ4v) is 5.54. The molecule has 4 aromatic rings. The highest BCUT2D eigenvalue weighted by atomic mass is 32.2. The number of amides is 1. The number of nitrogens with zero attached hydrogens (tertiary/aromatic N) is 3. The first-order chi connectivity index (χ1) is 14.2. The number of benzene rings is 2. The summed E-state index contributed by atoms with van der Waals surface area (Å²) in [5.41, 5.74) is 4.21. The maximum Gasteiger partial charge on any atom is 0.290 e. The maximum atomic E-state index is 13.4. The summed E-state index contributed by atoms with van der Waals surface area (Å²) in [5.74, 6) is 1.02. The number of para-hydroxylation sites is 1. The van der Waals surface area contributed by atoms with E-state index in [1.807, 2.05) is 42.2 Å². The van der Waals surface area contributed by atoms with Crippen LogP contribution in [0.3, 0.4) is 0 Å². The van der Waals surface area contributed by atoms with Crippen LogP contribution in [-0.4, -0.2) is 27.5 Å². The van der Waals surface area contributed by atoms with E-state index in [4.69, 9.17) is 4.42 Å². The second-order valence-electron chi connectivity index (χ2n) is 7.03. The zero-order valence-corrected chi connectivity index (χ0v) is 17.6. The first kappa shape index (κ1) is 18.4. The monoisotopic (exact) mass is 421 g/mol. The second-order valence-corrected chi connectivity index (χ2v) is 9.43. The van der Waals surface area contributed by atoms with E-state index in [2.05, 4.69) is 28.4 Å². The lowest BCUT2D eigenvalue weighted by Gasteiger charge is -2.28. The molecule has 5 nitrogen and oxygen atoms in total. The molecule has 2 aromatic heterocycles. The number of hydrogen-bond donors (Lipinski definition) is 0. The molecule has 0 saturated carbocycles. The number of carbonyl (C=O) groups is 1. The average molecular weight is 422 g/mol. The number of rotatable bonds is 4. The van der Waals surface area contributed by atoms with Gasteiger partial charge in [-0.2, -0.15) is 0 Å². The van der Waals surface area contributed by atoms with Crippen LogP contribution in [0.2, 0.25) is 0 Å². The van der Waals surface area contributed by atoms with Gasteiger partial charge in [-0.05, 0) is 30.5 Å². The van der Waals surface area contributed by atoms with Gasteiger partial charge in [-0.15, -0.1) is 10.2 Å². The van der Waals surface area contributed by atoms with Crippen molar-refractivity contribution >= 4 is 40.0 Å². The van der Waals surface area contributed by atoms with Crippen molar-refractivity contribution in [1.82, 2.24) is 15.1 Å². The smallest absolute Gasteiger partial charge is 0.290 e. The molecule has 29 heavy (non-hydrogen) atoms. The van der Waals surface area contributed by atoms with Crippen LogP contribution in [0, 0.1) is 6.92 Å². The van der Waals surface area contributed by atoms with Crippen LogP contribution in [0.4, 0.5) is 0 Å². The standard InChI is InChI=1S/C22H19N3O2S2/c1-14-23-24-22(29-14)28-13-18-17-8-4-5-9-19(17)27-20(18)21(26)25-11-10-15-6-2-3-7-16(15)12-25/h2-9H,10-13H2,1H3. The topological polar surface area (TPSA) is 59.2 Å². The highest BCUT2D eigenvalue weighted by molar-refractivity contribution is 8.00. The Balaban J connectivity index is 1.46. The fraction of sp³-hybridized carbons (Fsp3) is 0.227. The molecule has 1 aliphatic rings. The molecule has 0 atom stereocenters. The van der Waals surface area contributed by atoms with Crippen molar-refractivity contribution in [3.63, 3.8) is 0 Å². The van der Waals surface area contributed by atoms with E-state index in [1.54, 1.807) is 23.1 Å². The van der Waals surface area contributed by atoms with Crippen LogP contribution in [0.1, 0.15) is 32.3 Å². The Bertz CT molecular complexity index is 1200. The zero-order valence-electron chi connectivity index (χ0n) is 15.9. The molecule has 0 aliphatic carbocycles. The van der Waals surface area contributed by atoms with Crippen LogP contribution in [0.5, 0.6) is 0 Å². The van der Waals surface area contributed by atoms with Crippen molar-refractivity contribution in [1.29, 1.82) is 0 Å². The van der Waals surface area contributed by atoms with Crippen molar-refractivity contribution < 1.29 is 9.21 Å². The molecule has 1 aliphatic heterocycles. The largest absolute Gasteiger partial charge is 0.451 e. The van der Waals surface area contributed by atoms with E-state index in [9.17, 15) is 4.79 Å². The number of carbonyl (C=O) groups excluding carboxylic acids is 1.